The third-order valence-electron chi connectivity index (χ3n) is 5.59. The second kappa shape index (κ2) is 5.40. The van der Waals surface area contributed by atoms with E-state index < -0.39 is 0 Å². The molecule has 0 aromatic heterocycles. The van der Waals surface area contributed by atoms with Gasteiger partial charge in [0.15, 0.2) is 0 Å². The maximum absolute atomic E-state index is 3.93. The Morgan fingerprint density at radius 1 is 1.10 bits per heavy atom. The summed E-state index contributed by atoms with van der Waals surface area (Å²) in [5.41, 5.74) is 3.05. The third-order valence-corrected chi connectivity index (χ3v) is 5.59. The van der Waals surface area contributed by atoms with Gasteiger partial charge in [0.05, 0.1) is 0 Å². The van der Waals surface area contributed by atoms with E-state index in [0.717, 1.165) is 12.0 Å². The summed E-state index contributed by atoms with van der Waals surface area (Å²) in [6.45, 7) is 2.45. The van der Waals surface area contributed by atoms with Crippen molar-refractivity contribution in [3.8, 4) is 0 Å². The molecule has 3 aliphatic rings. The van der Waals surface area contributed by atoms with Crippen molar-refractivity contribution in [1.29, 1.82) is 0 Å². The predicted molar refractivity (Wildman–Crippen MR) is 84.3 cm³/mol. The van der Waals surface area contributed by atoms with Crippen molar-refractivity contribution in [2.45, 2.75) is 57.0 Å². The molecule has 3 atom stereocenters. The monoisotopic (exact) mass is 270 g/mol. The molecule has 2 heteroatoms. The molecule has 0 bridgehead atoms. The molecular weight excluding hydrogens is 244 g/mol. The molecule has 1 N–H and O–H groups in total. The first kappa shape index (κ1) is 12.7. The number of fused-ring (bicyclic) bond motifs is 2. The summed E-state index contributed by atoms with van der Waals surface area (Å²) >= 11 is 0. The molecule has 108 valence electrons. The largest absolute Gasteiger partial charge is 0.370 e. The summed E-state index contributed by atoms with van der Waals surface area (Å²) in [5, 5.41) is 3.93. The average molecular weight is 270 g/mol. The zero-order chi connectivity index (χ0) is 13.4. The lowest BCUT2D eigenvalue weighted by Crippen LogP contribution is -2.42. The summed E-state index contributed by atoms with van der Waals surface area (Å²) < 4.78 is 0. The van der Waals surface area contributed by atoms with Crippen molar-refractivity contribution < 1.29 is 0 Å². The van der Waals surface area contributed by atoms with Crippen molar-refractivity contribution in [2.24, 2.45) is 5.92 Å². The molecule has 0 spiro atoms. The molecule has 1 aromatic rings. The summed E-state index contributed by atoms with van der Waals surface area (Å²) in [4.78, 5) is 2.63. The molecule has 20 heavy (non-hydrogen) atoms. The van der Waals surface area contributed by atoms with Crippen LogP contribution in [0.4, 0.5) is 5.69 Å². The molecule has 2 aliphatic heterocycles. The number of nitrogens with zero attached hydrogens (tertiary/aromatic N) is 1. The number of nitrogens with one attached hydrogen (secondary N) is 1. The van der Waals surface area contributed by atoms with E-state index >= 15 is 0 Å². The van der Waals surface area contributed by atoms with Gasteiger partial charge < -0.3 is 10.2 Å². The summed E-state index contributed by atoms with van der Waals surface area (Å²) in [5.74, 6) is 0.966. The number of benzene rings is 1. The molecule has 0 amide bonds. The second-order valence-corrected chi connectivity index (χ2v) is 6.93. The Morgan fingerprint density at radius 2 is 2.00 bits per heavy atom. The fourth-order valence-electron chi connectivity index (χ4n) is 4.64. The normalized spacial score (nSPS) is 32.8. The van der Waals surface area contributed by atoms with E-state index in [1.54, 1.807) is 5.56 Å². The average Bonchev–Trinajstić information content (AvgIpc) is 2.90. The lowest BCUT2D eigenvalue weighted by Gasteiger charge is -2.33. The minimum absolute atomic E-state index is 0.717. The molecule has 1 saturated heterocycles. The number of aryl methyl sites for hydroxylation is 1. The van der Waals surface area contributed by atoms with Gasteiger partial charge in [-0.15, -0.1) is 0 Å². The molecule has 2 fully saturated rings. The van der Waals surface area contributed by atoms with Crippen LogP contribution in [0.3, 0.4) is 0 Å². The number of anilines is 1. The molecule has 2 nitrogen and oxygen atoms in total. The van der Waals surface area contributed by atoms with E-state index in [4.69, 9.17) is 0 Å². The van der Waals surface area contributed by atoms with Crippen LogP contribution in [0.5, 0.6) is 0 Å². The van der Waals surface area contributed by atoms with Crippen LogP contribution in [-0.4, -0.2) is 25.2 Å². The Labute approximate surface area is 122 Å². The van der Waals surface area contributed by atoms with Crippen molar-refractivity contribution in [3.63, 3.8) is 0 Å². The van der Waals surface area contributed by atoms with Crippen LogP contribution < -0.4 is 10.2 Å². The van der Waals surface area contributed by atoms with Crippen LogP contribution in [0.25, 0.3) is 0 Å². The van der Waals surface area contributed by atoms with Crippen LogP contribution >= 0.6 is 0 Å². The highest BCUT2D eigenvalue weighted by atomic mass is 15.2. The maximum atomic E-state index is 3.93. The van der Waals surface area contributed by atoms with E-state index in [0.29, 0.717) is 6.04 Å². The van der Waals surface area contributed by atoms with Crippen LogP contribution in [0.1, 0.15) is 44.1 Å². The molecule has 2 heterocycles. The molecular formula is C18H26N2. The van der Waals surface area contributed by atoms with Crippen molar-refractivity contribution in [1.82, 2.24) is 5.32 Å². The van der Waals surface area contributed by atoms with E-state index in [9.17, 15) is 0 Å². The molecule has 0 radical (unpaired) electrons. The summed E-state index contributed by atoms with van der Waals surface area (Å²) in [6, 6.07) is 10.5. The van der Waals surface area contributed by atoms with Gasteiger partial charge in [-0.25, -0.2) is 0 Å². The zero-order valence-corrected chi connectivity index (χ0v) is 12.4. The summed E-state index contributed by atoms with van der Waals surface area (Å²) in [7, 11) is 0. The predicted octanol–water partition coefficient (Wildman–Crippen LogP) is 3.36. The quantitative estimate of drug-likeness (QED) is 0.886. The molecule has 3 unspecified atom stereocenters. The van der Waals surface area contributed by atoms with Crippen LogP contribution in [0, 0.1) is 5.92 Å². The fourth-order valence-corrected chi connectivity index (χ4v) is 4.64. The zero-order valence-electron chi connectivity index (χ0n) is 12.4. The Kier molecular flexibility index (Phi) is 3.43. The van der Waals surface area contributed by atoms with Crippen molar-refractivity contribution >= 4 is 5.69 Å². The van der Waals surface area contributed by atoms with E-state index in [1.165, 1.54) is 63.7 Å². The smallest absolute Gasteiger partial charge is 0.0399 e. The molecule has 1 saturated carbocycles. The lowest BCUT2D eigenvalue weighted by molar-refractivity contribution is 0.325. The highest BCUT2D eigenvalue weighted by Gasteiger charge is 2.35. The first-order chi connectivity index (χ1) is 9.90. The van der Waals surface area contributed by atoms with E-state index in [-0.39, 0.29) is 0 Å². The van der Waals surface area contributed by atoms with E-state index in [2.05, 4.69) is 34.5 Å². The number of rotatable bonds is 2. The third kappa shape index (κ3) is 2.35. The Balaban J connectivity index is 1.45. The van der Waals surface area contributed by atoms with Gasteiger partial charge in [0.1, 0.15) is 0 Å². The lowest BCUT2D eigenvalue weighted by atomic mass is 9.85. The minimum Gasteiger partial charge on any atom is -0.370 e. The Bertz CT molecular complexity index is 456. The van der Waals surface area contributed by atoms with Gasteiger partial charge in [0.25, 0.3) is 0 Å². The fraction of sp³-hybridized carbons (Fsp3) is 0.667. The van der Waals surface area contributed by atoms with Crippen LogP contribution in [0.2, 0.25) is 0 Å². The summed E-state index contributed by atoms with van der Waals surface area (Å²) in [6.07, 6.45) is 9.76. The first-order valence-corrected chi connectivity index (χ1v) is 8.49. The number of hydrogen-bond acceptors (Lipinski definition) is 2. The van der Waals surface area contributed by atoms with Gasteiger partial charge in [-0.05, 0) is 49.7 Å². The van der Waals surface area contributed by atoms with Gasteiger partial charge in [-0.1, -0.05) is 31.0 Å². The molecule has 4 rings (SSSR count). The van der Waals surface area contributed by atoms with E-state index in [1.807, 2.05) is 0 Å². The number of para-hydroxylation sites is 1. The molecule has 1 aliphatic carbocycles. The van der Waals surface area contributed by atoms with Gasteiger partial charge in [-0.3, -0.25) is 0 Å². The standard InChI is InChI=1S/C18H26N2/c1-3-9-17-15(7-1)12-16(19-17)13-20-11-5-8-14-6-2-4-10-18(14)20/h2,4,6,10,15-17,19H,1,3,5,7-9,11-13H2. The Hall–Kier alpha value is -1.02. The Morgan fingerprint density at radius 3 is 2.95 bits per heavy atom. The van der Waals surface area contributed by atoms with Gasteiger partial charge in [-0.2, -0.15) is 0 Å². The van der Waals surface area contributed by atoms with Gasteiger partial charge in [0, 0.05) is 30.9 Å². The van der Waals surface area contributed by atoms with Crippen molar-refractivity contribution in [2.75, 3.05) is 18.0 Å². The highest BCUT2D eigenvalue weighted by molar-refractivity contribution is 5.55. The second-order valence-electron chi connectivity index (χ2n) is 6.93. The highest BCUT2D eigenvalue weighted by Crippen LogP contribution is 2.34. The topological polar surface area (TPSA) is 15.3 Å². The van der Waals surface area contributed by atoms with Crippen LogP contribution in [0.15, 0.2) is 24.3 Å². The number of hydrogen-bond donors (Lipinski definition) is 1. The van der Waals surface area contributed by atoms with Gasteiger partial charge >= 0.3 is 0 Å². The maximum Gasteiger partial charge on any atom is 0.0399 e. The first-order valence-electron chi connectivity index (χ1n) is 8.49. The van der Waals surface area contributed by atoms with Crippen LogP contribution in [-0.2, 0) is 6.42 Å². The van der Waals surface area contributed by atoms with Crippen molar-refractivity contribution in [3.05, 3.63) is 29.8 Å². The van der Waals surface area contributed by atoms with Gasteiger partial charge in [0.2, 0.25) is 0 Å². The molecule has 1 aromatic carbocycles. The SMILES string of the molecule is c1ccc2c(c1)CCCN2CC1CC2CCCCC2N1. The minimum atomic E-state index is 0.717.